The highest BCUT2D eigenvalue weighted by atomic mass is 16.5. The van der Waals surface area contributed by atoms with Gasteiger partial charge in [-0.1, -0.05) is 12.1 Å². The highest BCUT2D eigenvalue weighted by Gasteiger charge is 2.19. The van der Waals surface area contributed by atoms with Crippen LogP contribution in [0.5, 0.6) is 5.75 Å². The van der Waals surface area contributed by atoms with Gasteiger partial charge in [0.05, 0.1) is 31.3 Å². The van der Waals surface area contributed by atoms with E-state index < -0.39 is 0 Å². The van der Waals surface area contributed by atoms with Crippen molar-refractivity contribution in [3.63, 3.8) is 0 Å². The molecule has 82 valence electrons. The molecule has 0 bridgehead atoms. The van der Waals surface area contributed by atoms with Gasteiger partial charge in [-0.15, -0.1) is 0 Å². The van der Waals surface area contributed by atoms with Crippen LogP contribution in [0.25, 0.3) is 0 Å². The third-order valence-electron chi connectivity index (χ3n) is 2.47. The van der Waals surface area contributed by atoms with Crippen LogP contribution in [-0.2, 0) is 4.79 Å². The van der Waals surface area contributed by atoms with Crippen molar-refractivity contribution in [1.82, 2.24) is 0 Å². The Morgan fingerprint density at radius 3 is 3.12 bits per heavy atom. The third-order valence-corrected chi connectivity index (χ3v) is 2.47. The van der Waals surface area contributed by atoms with E-state index >= 15 is 0 Å². The normalized spacial score (nSPS) is 13.6. The summed E-state index contributed by atoms with van der Waals surface area (Å²) in [7, 11) is 0. The number of carbonyl (C=O) groups excluding carboxylic acids is 1. The van der Waals surface area contributed by atoms with Gasteiger partial charge in [0.2, 0.25) is 0 Å². The number of anilines is 1. The summed E-state index contributed by atoms with van der Waals surface area (Å²) in [5.74, 6) is 0.748. The van der Waals surface area contributed by atoms with Crippen LogP contribution in [0.2, 0.25) is 0 Å². The first-order chi connectivity index (χ1) is 7.81. The van der Waals surface area contributed by atoms with Gasteiger partial charge in [0, 0.05) is 0 Å². The van der Waals surface area contributed by atoms with Gasteiger partial charge in [0.1, 0.15) is 12.4 Å². The Balaban J connectivity index is 2.13. The van der Waals surface area contributed by atoms with Crippen LogP contribution in [0.1, 0.15) is 6.42 Å². The number of rotatable bonds is 3. The van der Waals surface area contributed by atoms with E-state index in [1.54, 1.807) is 0 Å². The quantitative estimate of drug-likeness (QED) is 0.765. The third kappa shape index (κ3) is 2.14. The fraction of sp³-hybridized carbons (Fsp3) is 0.333. The maximum Gasteiger partial charge on any atom is 0.166 e. The Hall–Kier alpha value is -2.02. The lowest BCUT2D eigenvalue weighted by molar-refractivity contribution is -0.116. The highest BCUT2D eigenvalue weighted by Crippen LogP contribution is 2.30. The van der Waals surface area contributed by atoms with E-state index in [1.165, 1.54) is 0 Å². The molecule has 0 aliphatic carbocycles. The number of benzene rings is 1. The molecule has 1 aliphatic rings. The molecule has 1 aromatic rings. The van der Waals surface area contributed by atoms with Crippen molar-refractivity contribution in [2.75, 3.05) is 24.6 Å². The van der Waals surface area contributed by atoms with Crippen LogP contribution in [-0.4, -0.2) is 25.5 Å². The van der Waals surface area contributed by atoms with Crippen molar-refractivity contribution in [3.8, 4) is 11.8 Å². The lowest BCUT2D eigenvalue weighted by atomic mass is 10.2. The van der Waals surface area contributed by atoms with Crippen molar-refractivity contribution < 1.29 is 9.53 Å². The number of nitrogens with zero attached hydrogens (tertiary/aromatic N) is 2. The largest absolute Gasteiger partial charge is 0.490 e. The van der Waals surface area contributed by atoms with Crippen LogP contribution < -0.4 is 9.64 Å². The van der Waals surface area contributed by atoms with Gasteiger partial charge in [-0.25, -0.2) is 0 Å². The number of nitriles is 1. The molecule has 16 heavy (non-hydrogen) atoms. The zero-order chi connectivity index (χ0) is 11.4. The molecule has 0 spiro atoms. The number of hydrogen-bond donors (Lipinski definition) is 0. The molecule has 0 saturated carbocycles. The van der Waals surface area contributed by atoms with Gasteiger partial charge >= 0.3 is 0 Å². The standard InChI is InChI=1S/C12H12N2O2/c13-6-5-10(15)9-14-7-8-16-12-4-2-1-3-11(12)14/h1-4H,5,7-9H2. The maximum absolute atomic E-state index is 11.4. The summed E-state index contributed by atoms with van der Waals surface area (Å²) in [4.78, 5) is 13.4. The number of ketones is 1. The molecule has 1 heterocycles. The van der Waals surface area contributed by atoms with Crippen molar-refractivity contribution in [1.29, 1.82) is 5.26 Å². The number of carbonyl (C=O) groups is 1. The van der Waals surface area contributed by atoms with Crippen LogP contribution >= 0.6 is 0 Å². The second-order valence-corrected chi connectivity index (χ2v) is 3.61. The number of para-hydroxylation sites is 2. The van der Waals surface area contributed by atoms with Crippen LogP contribution in [0.4, 0.5) is 5.69 Å². The molecule has 0 aromatic heterocycles. The molecule has 1 aromatic carbocycles. The summed E-state index contributed by atoms with van der Waals surface area (Å²) in [6.45, 7) is 1.55. The second kappa shape index (κ2) is 4.67. The van der Waals surface area contributed by atoms with Gasteiger partial charge in [-0.05, 0) is 12.1 Å². The van der Waals surface area contributed by atoms with Gasteiger partial charge in [0.15, 0.2) is 5.78 Å². The molecular formula is C12H12N2O2. The Morgan fingerprint density at radius 2 is 2.31 bits per heavy atom. The Morgan fingerprint density at radius 1 is 1.50 bits per heavy atom. The second-order valence-electron chi connectivity index (χ2n) is 3.61. The van der Waals surface area contributed by atoms with Crippen molar-refractivity contribution in [2.45, 2.75) is 6.42 Å². The minimum Gasteiger partial charge on any atom is -0.490 e. The zero-order valence-corrected chi connectivity index (χ0v) is 8.85. The van der Waals surface area contributed by atoms with E-state index in [9.17, 15) is 4.79 Å². The van der Waals surface area contributed by atoms with Crippen molar-refractivity contribution in [2.24, 2.45) is 0 Å². The maximum atomic E-state index is 11.4. The molecule has 0 amide bonds. The summed E-state index contributed by atoms with van der Waals surface area (Å²) in [5.41, 5.74) is 0.931. The van der Waals surface area contributed by atoms with E-state index in [0.29, 0.717) is 13.2 Å². The Kier molecular flexibility index (Phi) is 3.06. The average Bonchev–Trinajstić information content (AvgIpc) is 2.30. The minimum absolute atomic E-state index is 0.0282. The summed E-state index contributed by atoms with van der Waals surface area (Å²) in [6.07, 6.45) is -0.0282. The van der Waals surface area contributed by atoms with E-state index in [-0.39, 0.29) is 18.7 Å². The van der Waals surface area contributed by atoms with Crippen LogP contribution in [0.15, 0.2) is 24.3 Å². The summed E-state index contributed by atoms with van der Waals surface area (Å²) in [5, 5.41) is 8.45. The van der Waals surface area contributed by atoms with E-state index in [4.69, 9.17) is 10.00 Å². The summed E-state index contributed by atoms with van der Waals surface area (Å²) >= 11 is 0. The molecule has 0 radical (unpaired) electrons. The molecule has 0 N–H and O–H groups in total. The average molecular weight is 216 g/mol. The zero-order valence-electron chi connectivity index (χ0n) is 8.85. The van der Waals surface area contributed by atoms with Gasteiger partial charge in [-0.3, -0.25) is 4.79 Å². The fourth-order valence-corrected chi connectivity index (χ4v) is 1.75. The lowest BCUT2D eigenvalue weighted by Gasteiger charge is -2.30. The number of ether oxygens (including phenoxy) is 1. The molecule has 0 atom stereocenters. The first kappa shape index (κ1) is 10.5. The molecule has 0 fully saturated rings. The monoisotopic (exact) mass is 216 g/mol. The van der Waals surface area contributed by atoms with Crippen LogP contribution in [0.3, 0.4) is 0 Å². The number of Topliss-reactive ketones (excluding diaryl/α,β-unsaturated/α-hetero) is 1. The topological polar surface area (TPSA) is 53.3 Å². The molecule has 0 saturated heterocycles. The molecule has 4 heteroatoms. The fourth-order valence-electron chi connectivity index (χ4n) is 1.75. The van der Waals surface area contributed by atoms with Crippen molar-refractivity contribution >= 4 is 11.5 Å². The van der Waals surface area contributed by atoms with E-state index in [0.717, 1.165) is 11.4 Å². The Labute approximate surface area is 94.0 Å². The number of hydrogen-bond acceptors (Lipinski definition) is 4. The van der Waals surface area contributed by atoms with Gasteiger partial charge < -0.3 is 9.64 Å². The highest BCUT2D eigenvalue weighted by molar-refractivity contribution is 5.85. The van der Waals surface area contributed by atoms with Gasteiger partial charge in [0.25, 0.3) is 0 Å². The summed E-state index contributed by atoms with van der Waals surface area (Å²) < 4.78 is 5.48. The molecule has 2 rings (SSSR count). The molecular weight excluding hydrogens is 204 g/mol. The summed E-state index contributed by atoms with van der Waals surface area (Å²) in [6, 6.07) is 9.50. The minimum atomic E-state index is -0.0563. The van der Waals surface area contributed by atoms with Crippen molar-refractivity contribution in [3.05, 3.63) is 24.3 Å². The predicted molar refractivity (Wildman–Crippen MR) is 59.4 cm³/mol. The van der Waals surface area contributed by atoms with E-state index in [2.05, 4.69) is 0 Å². The Bertz CT molecular complexity index is 437. The van der Waals surface area contributed by atoms with Crippen LogP contribution in [0, 0.1) is 11.3 Å². The molecule has 0 unspecified atom stereocenters. The van der Waals surface area contributed by atoms with Gasteiger partial charge in [-0.2, -0.15) is 5.26 Å². The van der Waals surface area contributed by atoms with E-state index in [1.807, 2.05) is 35.2 Å². The smallest absolute Gasteiger partial charge is 0.166 e. The lowest BCUT2D eigenvalue weighted by Crippen LogP contribution is -2.36. The molecule has 1 aliphatic heterocycles. The first-order valence-corrected chi connectivity index (χ1v) is 5.16. The predicted octanol–water partition coefficient (Wildman–Crippen LogP) is 1.37. The number of fused-ring (bicyclic) bond motifs is 1. The first-order valence-electron chi connectivity index (χ1n) is 5.16. The molecule has 4 nitrogen and oxygen atoms in total. The SMILES string of the molecule is N#CCC(=O)CN1CCOc2ccccc21.